The number of ether oxygens (including phenoxy) is 2. The van der Waals surface area contributed by atoms with Crippen molar-refractivity contribution in [1.29, 1.82) is 0 Å². The van der Waals surface area contributed by atoms with Crippen LogP contribution in [0.3, 0.4) is 0 Å². The van der Waals surface area contributed by atoms with Crippen LogP contribution in [0.15, 0.2) is 52.7 Å². The smallest absolute Gasteiger partial charge is 0.333 e. The molecule has 0 aliphatic carbocycles. The molecule has 2 rings (SSSR count). The summed E-state index contributed by atoms with van der Waals surface area (Å²) in [5.74, 6) is -4.61. The number of hydrogen-bond donors (Lipinski definition) is 0. The van der Waals surface area contributed by atoms with Gasteiger partial charge in [0, 0.05) is 17.7 Å². The van der Waals surface area contributed by atoms with Crippen LogP contribution in [-0.4, -0.2) is 19.2 Å². The van der Waals surface area contributed by atoms with Gasteiger partial charge in [-0.15, -0.1) is 10.2 Å². The molecule has 0 saturated heterocycles. The zero-order valence-corrected chi connectivity index (χ0v) is 17.0. The standard InChI is InChI=1S/C22H22F4N2O3/c1-14(2)22(29)31-11-6-4-3-5-10-30-15-12-18(25)21(19(26)13-15)28-27-20-16(23)8-7-9-17(20)24/h7-9,12-13H,1,3-6,10-11H2,2H3. The molecule has 0 fully saturated rings. The van der Waals surface area contributed by atoms with E-state index in [0.717, 1.165) is 43.2 Å². The van der Waals surface area contributed by atoms with Crippen molar-refractivity contribution in [2.45, 2.75) is 32.6 Å². The molecule has 9 heteroatoms. The maximum absolute atomic E-state index is 14.1. The summed E-state index contributed by atoms with van der Waals surface area (Å²) < 4.78 is 65.6. The number of halogens is 4. The predicted molar refractivity (Wildman–Crippen MR) is 107 cm³/mol. The molecular formula is C22H22F4N2O3. The first-order valence-electron chi connectivity index (χ1n) is 9.60. The quantitative estimate of drug-likeness (QED) is 0.129. The predicted octanol–water partition coefficient (Wildman–Crippen LogP) is 6.72. The van der Waals surface area contributed by atoms with E-state index in [4.69, 9.17) is 9.47 Å². The Labute approximate surface area is 177 Å². The minimum atomic E-state index is -1.07. The summed E-state index contributed by atoms with van der Waals surface area (Å²) in [4.78, 5) is 11.2. The normalized spacial score (nSPS) is 11.0. The van der Waals surface area contributed by atoms with E-state index in [0.29, 0.717) is 25.0 Å². The van der Waals surface area contributed by atoms with Gasteiger partial charge in [-0.1, -0.05) is 12.6 Å². The average Bonchev–Trinajstić information content (AvgIpc) is 2.70. The molecule has 166 valence electrons. The van der Waals surface area contributed by atoms with E-state index in [1.54, 1.807) is 6.92 Å². The molecular weight excluding hydrogens is 416 g/mol. The van der Waals surface area contributed by atoms with Gasteiger partial charge in [0.2, 0.25) is 0 Å². The number of carbonyl (C=O) groups is 1. The lowest BCUT2D eigenvalue weighted by Gasteiger charge is -2.08. The number of rotatable bonds is 11. The Morgan fingerprint density at radius 3 is 1.94 bits per heavy atom. The zero-order valence-electron chi connectivity index (χ0n) is 17.0. The number of nitrogens with zero attached hydrogens (tertiary/aromatic N) is 2. The monoisotopic (exact) mass is 438 g/mol. The van der Waals surface area contributed by atoms with Crippen LogP contribution in [0.5, 0.6) is 5.75 Å². The molecule has 0 spiro atoms. The fraction of sp³-hybridized carbons (Fsp3) is 0.318. The van der Waals surface area contributed by atoms with Crippen LogP contribution in [-0.2, 0) is 9.53 Å². The molecule has 0 amide bonds. The molecule has 31 heavy (non-hydrogen) atoms. The Hall–Kier alpha value is -3.23. The lowest BCUT2D eigenvalue weighted by molar-refractivity contribution is -0.139. The number of carbonyl (C=O) groups excluding carboxylic acids is 1. The maximum Gasteiger partial charge on any atom is 0.333 e. The highest BCUT2D eigenvalue weighted by Gasteiger charge is 2.13. The number of azo groups is 1. The second-order valence-electron chi connectivity index (χ2n) is 6.68. The van der Waals surface area contributed by atoms with Crippen LogP contribution in [0.2, 0.25) is 0 Å². The van der Waals surface area contributed by atoms with Crippen molar-refractivity contribution < 1.29 is 31.8 Å². The molecule has 0 unspecified atom stereocenters. The lowest BCUT2D eigenvalue weighted by atomic mass is 10.2. The van der Waals surface area contributed by atoms with Gasteiger partial charge < -0.3 is 9.47 Å². The zero-order chi connectivity index (χ0) is 22.8. The van der Waals surface area contributed by atoms with Crippen LogP contribution < -0.4 is 4.74 Å². The molecule has 0 saturated carbocycles. The van der Waals surface area contributed by atoms with Gasteiger partial charge in [0.1, 0.15) is 5.75 Å². The molecule has 0 aromatic heterocycles. The molecule has 5 nitrogen and oxygen atoms in total. The van der Waals surface area contributed by atoms with E-state index in [1.165, 1.54) is 0 Å². The van der Waals surface area contributed by atoms with Crippen molar-refractivity contribution in [1.82, 2.24) is 0 Å². The van der Waals surface area contributed by atoms with Gasteiger partial charge in [-0.2, -0.15) is 0 Å². The van der Waals surface area contributed by atoms with Gasteiger partial charge >= 0.3 is 5.97 Å². The summed E-state index contributed by atoms with van der Waals surface area (Å²) in [5, 5.41) is 6.57. The van der Waals surface area contributed by atoms with Crippen LogP contribution >= 0.6 is 0 Å². The van der Waals surface area contributed by atoms with E-state index in [2.05, 4.69) is 16.8 Å². The van der Waals surface area contributed by atoms with E-state index in [1.807, 2.05) is 0 Å². The molecule has 2 aromatic rings. The second-order valence-corrected chi connectivity index (χ2v) is 6.68. The largest absolute Gasteiger partial charge is 0.493 e. The van der Waals surface area contributed by atoms with E-state index in [-0.39, 0.29) is 12.4 Å². The van der Waals surface area contributed by atoms with Gasteiger partial charge in [-0.25, -0.2) is 22.4 Å². The van der Waals surface area contributed by atoms with E-state index < -0.39 is 40.6 Å². The molecule has 2 aromatic carbocycles. The Morgan fingerprint density at radius 1 is 0.871 bits per heavy atom. The summed E-state index contributed by atoms with van der Waals surface area (Å²) in [6, 6.07) is 4.89. The van der Waals surface area contributed by atoms with Crippen LogP contribution in [0.1, 0.15) is 32.6 Å². The summed E-state index contributed by atoms with van der Waals surface area (Å²) in [6.07, 6.45) is 2.88. The highest BCUT2D eigenvalue weighted by molar-refractivity contribution is 5.86. The van der Waals surface area contributed by atoms with Crippen LogP contribution in [0.4, 0.5) is 28.9 Å². The molecule has 0 atom stereocenters. The van der Waals surface area contributed by atoms with Crippen molar-refractivity contribution in [2.75, 3.05) is 13.2 Å². The van der Waals surface area contributed by atoms with Crippen LogP contribution in [0.25, 0.3) is 0 Å². The van der Waals surface area contributed by atoms with Gasteiger partial charge in [0.15, 0.2) is 34.6 Å². The molecule has 0 aliphatic heterocycles. The fourth-order valence-electron chi connectivity index (χ4n) is 2.44. The van der Waals surface area contributed by atoms with E-state index >= 15 is 0 Å². The summed E-state index contributed by atoms with van der Waals surface area (Å²) >= 11 is 0. The summed E-state index contributed by atoms with van der Waals surface area (Å²) in [5.41, 5.74) is -1.17. The van der Waals surface area contributed by atoms with Crippen molar-refractivity contribution in [3.05, 3.63) is 65.8 Å². The van der Waals surface area contributed by atoms with Crippen molar-refractivity contribution in [2.24, 2.45) is 10.2 Å². The molecule has 0 bridgehead atoms. The van der Waals surface area contributed by atoms with Gasteiger partial charge in [0.05, 0.1) is 13.2 Å². The first-order chi connectivity index (χ1) is 14.8. The maximum atomic E-state index is 14.1. The van der Waals surface area contributed by atoms with Crippen molar-refractivity contribution in [3.63, 3.8) is 0 Å². The van der Waals surface area contributed by atoms with Crippen LogP contribution in [0, 0.1) is 23.3 Å². The SMILES string of the molecule is C=C(C)C(=O)OCCCCCCOc1cc(F)c(N=Nc2c(F)cccc2F)c(F)c1. The first-order valence-corrected chi connectivity index (χ1v) is 9.60. The summed E-state index contributed by atoms with van der Waals surface area (Å²) in [7, 11) is 0. The third-order valence-corrected chi connectivity index (χ3v) is 4.07. The number of esters is 1. The molecule has 0 N–H and O–H groups in total. The van der Waals surface area contributed by atoms with E-state index in [9.17, 15) is 22.4 Å². The Bertz CT molecular complexity index is 921. The highest BCUT2D eigenvalue weighted by Crippen LogP contribution is 2.30. The Kier molecular flexibility index (Phi) is 9.17. The Morgan fingerprint density at radius 2 is 1.39 bits per heavy atom. The minimum Gasteiger partial charge on any atom is -0.493 e. The fourth-order valence-corrected chi connectivity index (χ4v) is 2.44. The summed E-state index contributed by atoms with van der Waals surface area (Å²) in [6.45, 7) is 5.59. The van der Waals surface area contributed by atoms with Crippen molar-refractivity contribution >= 4 is 17.3 Å². The molecule has 0 heterocycles. The number of benzene rings is 2. The second kappa shape index (κ2) is 11.8. The third kappa shape index (κ3) is 7.51. The third-order valence-electron chi connectivity index (χ3n) is 4.07. The average molecular weight is 438 g/mol. The topological polar surface area (TPSA) is 60.2 Å². The first kappa shape index (κ1) is 24.0. The van der Waals surface area contributed by atoms with Gasteiger partial charge in [-0.3, -0.25) is 0 Å². The van der Waals surface area contributed by atoms with Crippen molar-refractivity contribution in [3.8, 4) is 5.75 Å². The Balaban J connectivity index is 1.81. The molecule has 0 aliphatic rings. The van der Waals surface area contributed by atoms with Gasteiger partial charge in [-0.05, 0) is 44.7 Å². The number of unbranched alkanes of at least 4 members (excludes halogenated alkanes) is 3. The highest BCUT2D eigenvalue weighted by atomic mass is 19.1. The number of hydrogen-bond acceptors (Lipinski definition) is 5. The molecule has 0 radical (unpaired) electrons. The van der Waals surface area contributed by atoms with Gasteiger partial charge in [0.25, 0.3) is 0 Å². The minimum absolute atomic E-state index is 0.0404. The lowest BCUT2D eigenvalue weighted by Crippen LogP contribution is -2.06.